The van der Waals surface area contributed by atoms with Crippen LogP contribution in [0.2, 0.25) is 0 Å². The zero-order chi connectivity index (χ0) is 15.4. The minimum absolute atomic E-state index is 0.0314. The lowest BCUT2D eigenvalue weighted by Gasteiger charge is -2.11. The second-order valence-electron chi connectivity index (χ2n) is 4.68. The normalized spacial score (nSPS) is 10.6. The summed E-state index contributed by atoms with van der Waals surface area (Å²) in [6.07, 6.45) is -0.0314. The first kappa shape index (κ1) is 15.5. The molecule has 0 aliphatic rings. The van der Waals surface area contributed by atoms with E-state index >= 15 is 0 Å². The molecule has 2 rings (SSSR count). The molecule has 0 unspecified atom stereocenters. The second-order valence-corrected chi connectivity index (χ2v) is 5.53. The lowest BCUT2D eigenvalue weighted by molar-refractivity contribution is 0.218. The van der Waals surface area contributed by atoms with Crippen LogP contribution in [0.4, 0.5) is 5.95 Å². The molecule has 0 saturated carbocycles. The largest absolute Gasteiger partial charge is 0.461 e. The number of anilines is 1. The van der Waals surface area contributed by atoms with Gasteiger partial charge in [0.15, 0.2) is 0 Å². The van der Waals surface area contributed by atoms with Gasteiger partial charge < -0.3 is 14.8 Å². The van der Waals surface area contributed by atoms with Crippen LogP contribution >= 0.6 is 15.9 Å². The third kappa shape index (κ3) is 4.29. The van der Waals surface area contributed by atoms with E-state index in [2.05, 4.69) is 36.2 Å². The summed E-state index contributed by atoms with van der Waals surface area (Å²) in [4.78, 5) is 12.4. The predicted molar refractivity (Wildman–Crippen MR) is 84.1 cm³/mol. The van der Waals surface area contributed by atoms with Crippen LogP contribution in [0.15, 0.2) is 22.7 Å². The fourth-order valence-corrected chi connectivity index (χ4v) is 2.12. The van der Waals surface area contributed by atoms with E-state index in [1.165, 1.54) is 0 Å². The molecule has 1 aromatic heterocycles. The number of ether oxygens (including phenoxy) is 2. The Morgan fingerprint density at radius 2 is 1.86 bits per heavy atom. The van der Waals surface area contributed by atoms with Gasteiger partial charge in [-0.25, -0.2) is 0 Å². The Morgan fingerprint density at radius 3 is 2.48 bits per heavy atom. The van der Waals surface area contributed by atoms with Crippen molar-refractivity contribution < 1.29 is 9.47 Å². The molecule has 1 heterocycles. The molecule has 1 N–H and O–H groups in total. The molecule has 112 valence electrons. The highest BCUT2D eigenvalue weighted by Crippen LogP contribution is 2.29. The summed E-state index contributed by atoms with van der Waals surface area (Å²) in [7, 11) is 1.72. The van der Waals surface area contributed by atoms with E-state index in [-0.39, 0.29) is 18.1 Å². The van der Waals surface area contributed by atoms with Crippen LogP contribution < -0.4 is 14.8 Å². The van der Waals surface area contributed by atoms with Crippen molar-refractivity contribution in [2.24, 2.45) is 0 Å². The number of halogens is 1. The number of hydrogen-bond donors (Lipinski definition) is 1. The standard InChI is InChI=1S/C14H17BrN4O2/c1-8(2)20-13-17-12(16-4)18-14(19-13)21-11-6-5-9(3)7-10(11)15/h5-8H,1-4H3,(H,16,17,18,19). The van der Waals surface area contributed by atoms with E-state index in [0.29, 0.717) is 11.7 Å². The summed E-state index contributed by atoms with van der Waals surface area (Å²) >= 11 is 3.46. The van der Waals surface area contributed by atoms with E-state index < -0.39 is 0 Å². The number of hydrogen-bond acceptors (Lipinski definition) is 6. The molecule has 2 aromatic rings. The summed E-state index contributed by atoms with van der Waals surface area (Å²) in [5.41, 5.74) is 1.13. The maximum atomic E-state index is 5.70. The first-order valence-corrected chi connectivity index (χ1v) is 7.31. The third-order valence-electron chi connectivity index (χ3n) is 2.45. The van der Waals surface area contributed by atoms with Crippen molar-refractivity contribution in [1.29, 1.82) is 0 Å². The van der Waals surface area contributed by atoms with E-state index in [1.54, 1.807) is 7.05 Å². The van der Waals surface area contributed by atoms with Gasteiger partial charge in [-0.3, -0.25) is 0 Å². The number of nitrogens with one attached hydrogen (secondary N) is 1. The van der Waals surface area contributed by atoms with Gasteiger partial charge in [0.2, 0.25) is 5.95 Å². The van der Waals surface area contributed by atoms with Crippen LogP contribution in [-0.2, 0) is 0 Å². The number of benzene rings is 1. The number of nitrogens with zero attached hydrogens (tertiary/aromatic N) is 3. The molecule has 1 aromatic carbocycles. The Kier molecular flexibility index (Phi) is 4.95. The Hall–Kier alpha value is -1.89. The average Bonchev–Trinajstić information content (AvgIpc) is 2.41. The molecular weight excluding hydrogens is 336 g/mol. The topological polar surface area (TPSA) is 69.2 Å². The quantitative estimate of drug-likeness (QED) is 0.886. The van der Waals surface area contributed by atoms with Crippen LogP contribution in [0.25, 0.3) is 0 Å². The van der Waals surface area contributed by atoms with E-state index in [9.17, 15) is 0 Å². The molecule has 21 heavy (non-hydrogen) atoms. The Bertz CT molecular complexity index is 634. The minimum Gasteiger partial charge on any atom is -0.461 e. The van der Waals surface area contributed by atoms with E-state index in [1.807, 2.05) is 39.0 Å². The molecule has 7 heteroatoms. The highest BCUT2D eigenvalue weighted by Gasteiger charge is 2.11. The summed E-state index contributed by atoms with van der Waals surface area (Å²) in [6.45, 7) is 5.81. The summed E-state index contributed by atoms with van der Waals surface area (Å²) in [6, 6.07) is 6.16. The lowest BCUT2D eigenvalue weighted by Crippen LogP contribution is -2.11. The monoisotopic (exact) mass is 352 g/mol. The molecule has 0 fully saturated rings. The molecular formula is C14H17BrN4O2. The first-order chi connectivity index (χ1) is 9.97. The zero-order valence-electron chi connectivity index (χ0n) is 12.3. The van der Waals surface area contributed by atoms with Crippen molar-refractivity contribution in [3.63, 3.8) is 0 Å². The van der Waals surface area contributed by atoms with Crippen molar-refractivity contribution in [3.8, 4) is 17.8 Å². The molecule has 0 saturated heterocycles. The van der Waals surface area contributed by atoms with Crippen LogP contribution in [0.5, 0.6) is 17.8 Å². The zero-order valence-corrected chi connectivity index (χ0v) is 13.9. The number of aromatic nitrogens is 3. The molecule has 0 bridgehead atoms. The third-order valence-corrected chi connectivity index (χ3v) is 3.07. The minimum atomic E-state index is -0.0314. The van der Waals surface area contributed by atoms with Crippen LogP contribution in [-0.4, -0.2) is 28.1 Å². The maximum Gasteiger partial charge on any atom is 0.330 e. The van der Waals surface area contributed by atoms with E-state index in [4.69, 9.17) is 9.47 Å². The maximum absolute atomic E-state index is 5.70. The smallest absolute Gasteiger partial charge is 0.330 e. The molecule has 0 aliphatic carbocycles. The van der Waals surface area contributed by atoms with Crippen LogP contribution in [0.1, 0.15) is 19.4 Å². The first-order valence-electron chi connectivity index (χ1n) is 6.52. The molecule has 0 atom stereocenters. The van der Waals surface area contributed by atoms with Crippen molar-refractivity contribution in [2.75, 3.05) is 12.4 Å². The average molecular weight is 353 g/mol. The van der Waals surface area contributed by atoms with E-state index in [0.717, 1.165) is 10.0 Å². The van der Waals surface area contributed by atoms with Crippen LogP contribution in [0.3, 0.4) is 0 Å². The Labute approximate surface area is 132 Å². The molecule has 0 spiro atoms. The molecule has 0 radical (unpaired) electrons. The van der Waals surface area contributed by atoms with Crippen molar-refractivity contribution in [2.45, 2.75) is 26.9 Å². The predicted octanol–water partition coefficient (Wildman–Crippen LogP) is 3.56. The van der Waals surface area contributed by atoms with Gasteiger partial charge in [-0.05, 0) is 54.4 Å². The van der Waals surface area contributed by atoms with Crippen molar-refractivity contribution in [1.82, 2.24) is 15.0 Å². The Morgan fingerprint density at radius 1 is 1.14 bits per heavy atom. The number of rotatable bonds is 5. The molecule has 6 nitrogen and oxygen atoms in total. The summed E-state index contributed by atoms with van der Waals surface area (Å²) < 4.78 is 12.0. The van der Waals surface area contributed by atoms with Gasteiger partial charge in [-0.1, -0.05) is 6.07 Å². The van der Waals surface area contributed by atoms with Gasteiger partial charge in [0.1, 0.15) is 5.75 Å². The molecule has 0 amide bonds. The van der Waals surface area contributed by atoms with Gasteiger partial charge in [0.05, 0.1) is 10.6 Å². The van der Waals surface area contributed by atoms with Gasteiger partial charge in [0.25, 0.3) is 0 Å². The summed E-state index contributed by atoms with van der Waals surface area (Å²) in [5.74, 6) is 1.02. The van der Waals surface area contributed by atoms with Gasteiger partial charge >= 0.3 is 12.0 Å². The fraction of sp³-hybridized carbons (Fsp3) is 0.357. The van der Waals surface area contributed by atoms with Crippen LogP contribution in [0, 0.1) is 6.92 Å². The summed E-state index contributed by atoms with van der Waals surface area (Å²) in [5, 5.41) is 2.86. The van der Waals surface area contributed by atoms with Gasteiger partial charge in [-0.2, -0.15) is 9.97 Å². The Balaban J connectivity index is 2.29. The van der Waals surface area contributed by atoms with Gasteiger partial charge in [0, 0.05) is 7.05 Å². The lowest BCUT2D eigenvalue weighted by atomic mass is 10.2. The van der Waals surface area contributed by atoms with Crippen molar-refractivity contribution in [3.05, 3.63) is 28.2 Å². The highest BCUT2D eigenvalue weighted by atomic mass is 79.9. The fourth-order valence-electron chi connectivity index (χ4n) is 1.55. The number of aryl methyl sites for hydroxylation is 1. The SMILES string of the molecule is CNc1nc(Oc2ccc(C)cc2Br)nc(OC(C)C)n1. The highest BCUT2D eigenvalue weighted by molar-refractivity contribution is 9.10. The van der Waals surface area contributed by atoms with Crippen molar-refractivity contribution >= 4 is 21.9 Å². The second kappa shape index (κ2) is 6.71. The molecule has 0 aliphatic heterocycles. The van der Waals surface area contributed by atoms with Gasteiger partial charge in [-0.15, -0.1) is 4.98 Å².